The molecular formula is C16H16ClN3O2. The molecule has 0 spiro atoms. The summed E-state index contributed by atoms with van der Waals surface area (Å²) in [5, 5.41) is 7.44. The number of ether oxygens (including phenoxy) is 1. The maximum atomic E-state index is 11.7. The van der Waals surface area contributed by atoms with Gasteiger partial charge < -0.3 is 10.1 Å². The molecule has 0 aromatic heterocycles. The number of amides is 1. The van der Waals surface area contributed by atoms with Crippen LogP contribution in [0.25, 0.3) is 0 Å². The fourth-order valence-electron chi connectivity index (χ4n) is 1.68. The SMILES string of the molecule is COc1ccc(NCC(=O)NN=Cc2ccccc2Cl)cc1. The first-order valence-corrected chi connectivity index (χ1v) is 7.01. The highest BCUT2D eigenvalue weighted by molar-refractivity contribution is 6.33. The van der Waals surface area contributed by atoms with Crippen LogP contribution in [0.15, 0.2) is 53.6 Å². The Balaban J connectivity index is 1.79. The second-order valence-electron chi connectivity index (χ2n) is 4.40. The lowest BCUT2D eigenvalue weighted by atomic mass is 10.2. The monoisotopic (exact) mass is 317 g/mol. The van der Waals surface area contributed by atoms with E-state index in [0.717, 1.165) is 17.0 Å². The van der Waals surface area contributed by atoms with E-state index in [9.17, 15) is 4.79 Å². The van der Waals surface area contributed by atoms with Crippen LogP contribution in [0.5, 0.6) is 5.75 Å². The predicted molar refractivity (Wildman–Crippen MR) is 88.7 cm³/mol. The molecule has 0 heterocycles. The third-order valence-corrected chi connectivity index (χ3v) is 3.19. The van der Waals surface area contributed by atoms with Crippen molar-refractivity contribution in [2.75, 3.05) is 19.0 Å². The van der Waals surface area contributed by atoms with Crippen molar-refractivity contribution in [3.05, 3.63) is 59.1 Å². The number of rotatable bonds is 6. The molecule has 0 aliphatic heterocycles. The van der Waals surface area contributed by atoms with Crippen molar-refractivity contribution in [2.45, 2.75) is 0 Å². The van der Waals surface area contributed by atoms with Crippen molar-refractivity contribution in [3.8, 4) is 5.75 Å². The van der Waals surface area contributed by atoms with Crippen LogP contribution in [0.1, 0.15) is 5.56 Å². The number of hydrogen-bond donors (Lipinski definition) is 2. The van der Waals surface area contributed by atoms with E-state index in [1.165, 1.54) is 6.21 Å². The lowest BCUT2D eigenvalue weighted by molar-refractivity contribution is -0.119. The van der Waals surface area contributed by atoms with Crippen LogP contribution in [0.4, 0.5) is 5.69 Å². The van der Waals surface area contributed by atoms with E-state index in [2.05, 4.69) is 15.8 Å². The molecule has 1 amide bonds. The topological polar surface area (TPSA) is 62.7 Å². The van der Waals surface area contributed by atoms with Crippen LogP contribution < -0.4 is 15.5 Å². The minimum atomic E-state index is -0.251. The summed E-state index contributed by atoms with van der Waals surface area (Å²) in [7, 11) is 1.60. The first-order chi connectivity index (χ1) is 10.7. The normalized spacial score (nSPS) is 10.5. The van der Waals surface area contributed by atoms with Gasteiger partial charge in [0.15, 0.2) is 0 Å². The first-order valence-electron chi connectivity index (χ1n) is 6.63. The van der Waals surface area contributed by atoms with Crippen LogP contribution in [0.3, 0.4) is 0 Å². The van der Waals surface area contributed by atoms with Gasteiger partial charge in [-0.15, -0.1) is 0 Å². The number of halogens is 1. The van der Waals surface area contributed by atoms with E-state index >= 15 is 0 Å². The molecule has 22 heavy (non-hydrogen) atoms. The zero-order valence-electron chi connectivity index (χ0n) is 12.0. The van der Waals surface area contributed by atoms with E-state index in [-0.39, 0.29) is 12.5 Å². The molecule has 0 fully saturated rings. The first kappa shape index (κ1) is 15.9. The standard InChI is InChI=1S/C16H16ClN3O2/c1-22-14-8-6-13(7-9-14)18-11-16(21)20-19-10-12-4-2-3-5-15(12)17/h2-10,18H,11H2,1H3,(H,20,21). The second kappa shape index (κ2) is 8.05. The number of benzene rings is 2. The number of nitrogens with zero attached hydrogens (tertiary/aromatic N) is 1. The molecule has 0 aliphatic rings. The Bertz CT molecular complexity index is 657. The Hall–Kier alpha value is -2.53. The van der Waals surface area contributed by atoms with E-state index < -0.39 is 0 Å². The largest absolute Gasteiger partial charge is 0.497 e. The third-order valence-electron chi connectivity index (χ3n) is 2.84. The quantitative estimate of drug-likeness (QED) is 0.636. The van der Waals surface area contributed by atoms with Crippen LogP contribution in [-0.4, -0.2) is 25.8 Å². The fourth-order valence-corrected chi connectivity index (χ4v) is 1.87. The summed E-state index contributed by atoms with van der Waals surface area (Å²) in [4.78, 5) is 11.7. The van der Waals surface area contributed by atoms with E-state index in [4.69, 9.17) is 16.3 Å². The predicted octanol–water partition coefficient (Wildman–Crippen LogP) is 2.91. The number of methoxy groups -OCH3 is 1. The molecule has 6 heteroatoms. The van der Waals surface area contributed by atoms with Gasteiger partial charge in [-0.25, -0.2) is 5.43 Å². The van der Waals surface area contributed by atoms with Crippen molar-refractivity contribution in [1.29, 1.82) is 0 Å². The third kappa shape index (κ3) is 4.79. The van der Waals surface area contributed by atoms with Crippen molar-refractivity contribution in [3.63, 3.8) is 0 Å². The Kier molecular flexibility index (Phi) is 5.80. The molecule has 114 valence electrons. The van der Waals surface area contributed by atoms with Crippen molar-refractivity contribution < 1.29 is 9.53 Å². The van der Waals surface area contributed by atoms with Gasteiger partial charge in [0.1, 0.15) is 5.75 Å². The van der Waals surface area contributed by atoms with Crippen molar-refractivity contribution in [1.82, 2.24) is 5.43 Å². The van der Waals surface area contributed by atoms with Crippen molar-refractivity contribution in [2.24, 2.45) is 5.10 Å². The fraction of sp³-hybridized carbons (Fsp3) is 0.125. The second-order valence-corrected chi connectivity index (χ2v) is 4.80. The lowest BCUT2D eigenvalue weighted by Crippen LogP contribution is -2.25. The molecule has 2 rings (SSSR count). The molecule has 2 aromatic rings. The van der Waals surface area contributed by atoms with Gasteiger partial charge in [-0.05, 0) is 30.3 Å². The van der Waals surface area contributed by atoms with Crippen molar-refractivity contribution >= 4 is 29.4 Å². The van der Waals surface area contributed by atoms with Gasteiger partial charge in [0.25, 0.3) is 5.91 Å². The highest BCUT2D eigenvalue weighted by atomic mass is 35.5. The summed E-state index contributed by atoms with van der Waals surface area (Å²) in [6, 6.07) is 14.5. The molecule has 0 atom stereocenters. The Labute approximate surface area is 133 Å². The van der Waals surface area contributed by atoms with Crippen LogP contribution in [0, 0.1) is 0 Å². The van der Waals surface area contributed by atoms with Gasteiger partial charge in [-0.2, -0.15) is 5.10 Å². The number of hydrazone groups is 1. The van der Waals surface area contributed by atoms with E-state index in [1.54, 1.807) is 13.2 Å². The van der Waals surface area contributed by atoms with Gasteiger partial charge in [0.05, 0.1) is 19.9 Å². The number of anilines is 1. The van der Waals surface area contributed by atoms with Gasteiger partial charge in [0.2, 0.25) is 0 Å². The van der Waals surface area contributed by atoms with Gasteiger partial charge in [-0.1, -0.05) is 29.8 Å². The molecule has 0 bridgehead atoms. The number of hydrogen-bond acceptors (Lipinski definition) is 4. The summed E-state index contributed by atoms with van der Waals surface area (Å²) in [6.45, 7) is 0.117. The van der Waals surface area contributed by atoms with Gasteiger partial charge in [0, 0.05) is 16.3 Å². The molecule has 2 aromatic carbocycles. The summed E-state index contributed by atoms with van der Waals surface area (Å²) in [5.74, 6) is 0.512. The summed E-state index contributed by atoms with van der Waals surface area (Å²) in [5.41, 5.74) is 4.00. The minimum Gasteiger partial charge on any atom is -0.497 e. The Morgan fingerprint density at radius 2 is 1.95 bits per heavy atom. The van der Waals surface area contributed by atoms with Crippen LogP contribution >= 0.6 is 11.6 Å². The van der Waals surface area contributed by atoms with Gasteiger partial charge in [-0.3, -0.25) is 4.79 Å². The average Bonchev–Trinajstić information content (AvgIpc) is 2.55. The minimum absolute atomic E-state index is 0.117. The highest BCUT2D eigenvalue weighted by Gasteiger charge is 2.00. The maximum Gasteiger partial charge on any atom is 0.259 e. The van der Waals surface area contributed by atoms with E-state index in [0.29, 0.717) is 5.02 Å². The zero-order valence-corrected chi connectivity index (χ0v) is 12.8. The van der Waals surface area contributed by atoms with Gasteiger partial charge >= 0.3 is 0 Å². The molecule has 0 unspecified atom stereocenters. The van der Waals surface area contributed by atoms with E-state index in [1.807, 2.05) is 42.5 Å². The van der Waals surface area contributed by atoms with Crippen LogP contribution in [0.2, 0.25) is 5.02 Å². The molecule has 0 radical (unpaired) electrons. The molecule has 2 N–H and O–H groups in total. The Morgan fingerprint density at radius 1 is 1.23 bits per heavy atom. The molecule has 5 nitrogen and oxygen atoms in total. The molecule has 0 saturated heterocycles. The maximum absolute atomic E-state index is 11.7. The average molecular weight is 318 g/mol. The summed E-state index contributed by atoms with van der Waals surface area (Å²) >= 11 is 5.98. The van der Waals surface area contributed by atoms with Crippen LogP contribution in [-0.2, 0) is 4.79 Å². The molecule has 0 aliphatic carbocycles. The highest BCUT2D eigenvalue weighted by Crippen LogP contribution is 2.14. The Morgan fingerprint density at radius 3 is 2.64 bits per heavy atom. The smallest absolute Gasteiger partial charge is 0.259 e. The number of carbonyl (C=O) groups is 1. The lowest BCUT2D eigenvalue weighted by Gasteiger charge is -2.06. The summed E-state index contributed by atoms with van der Waals surface area (Å²) in [6.07, 6.45) is 1.51. The number of nitrogens with one attached hydrogen (secondary N) is 2. The number of carbonyl (C=O) groups excluding carboxylic acids is 1. The zero-order chi connectivity index (χ0) is 15.8. The molecular weight excluding hydrogens is 302 g/mol. The molecule has 0 saturated carbocycles. The summed E-state index contributed by atoms with van der Waals surface area (Å²) < 4.78 is 5.06.